The largest absolute Gasteiger partial charge is 0.303 e. The smallest absolute Gasteiger partial charge is 0.270 e. The van der Waals surface area contributed by atoms with E-state index in [2.05, 4.69) is 0 Å². The number of rotatable bonds is 4. The number of hydrogen-bond acceptors (Lipinski definition) is 5. The Hall–Kier alpha value is -1.80. The van der Waals surface area contributed by atoms with Crippen molar-refractivity contribution >= 4 is 22.0 Å². The molecule has 0 radical (unpaired) electrons. The Kier molecular flexibility index (Phi) is 4.15. The second-order valence-corrected chi connectivity index (χ2v) is 6.59. The van der Waals surface area contributed by atoms with Crippen molar-refractivity contribution in [3.63, 3.8) is 0 Å². The fourth-order valence-electron chi connectivity index (χ4n) is 2.21. The van der Waals surface area contributed by atoms with Gasteiger partial charge in [-0.2, -0.15) is 4.31 Å². The molecule has 1 atom stereocenters. The van der Waals surface area contributed by atoms with Crippen molar-refractivity contribution in [2.24, 2.45) is 5.92 Å². The summed E-state index contributed by atoms with van der Waals surface area (Å²) in [4.78, 5) is 20.8. The summed E-state index contributed by atoms with van der Waals surface area (Å²) >= 11 is 0. The lowest BCUT2D eigenvalue weighted by Gasteiger charge is -2.29. The monoisotopic (exact) mass is 298 g/mol. The highest BCUT2D eigenvalue weighted by Crippen LogP contribution is 2.25. The van der Waals surface area contributed by atoms with Gasteiger partial charge in [0.25, 0.3) is 5.69 Å². The Morgan fingerprint density at radius 1 is 1.40 bits per heavy atom. The zero-order chi connectivity index (χ0) is 14.8. The van der Waals surface area contributed by atoms with E-state index >= 15 is 0 Å². The van der Waals surface area contributed by atoms with Crippen LogP contribution in [0.1, 0.15) is 12.8 Å². The predicted octanol–water partition coefficient (Wildman–Crippen LogP) is 1.19. The van der Waals surface area contributed by atoms with E-state index in [1.54, 1.807) is 0 Å². The number of nitro groups is 1. The normalized spacial score (nSPS) is 20.5. The molecule has 1 aromatic carbocycles. The Balaban J connectivity index is 2.32. The Bertz CT molecular complexity index is 628. The molecule has 1 heterocycles. The number of carbonyl (C=O) groups excluding carboxylic acids is 1. The van der Waals surface area contributed by atoms with Crippen LogP contribution in [-0.2, 0) is 14.8 Å². The van der Waals surface area contributed by atoms with Crippen LogP contribution in [0.2, 0.25) is 0 Å². The summed E-state index contributed by atoms with van der Waals surface area (Å²) in [5, 5.41) is 10.7. The van der Waals surface area contributed by atoms with Gasteiger partial charge in [0.1, 0.15) is 6.29 Å². The van der Waals surface area contributed by atoms with E-state index in [4.69, 9.17) is 0 Å². The van der Waals surface area contributed by atoms with Gasteiger partial charge in [-0.15, -0.1) is 0 Å². The Labute approximate surface area is 116 Å². The van der Waals surface area contributed by atoms with E-state index in [1.165, 1.54) is 22.5 Å². The van der Waals surface area contributed by atoms with E-state index in [0.717, 1.165) is 12.4 Å². The lowest BCUT2D eigenvalue weighted by molar-refractivity contribution is -0.385. The van der Waals surface area contributed by atoms with Gasteiger partial charge in [0.05, 0.1) is 9.82 Å². The van der Waals surface area contributed by atoms with Gasteiger partial charge in [-0.25, -0.2) is 8.42 Å². The van der Waals surface area contributed by atoms with Gasteiger partial charge in [-0.1, -0.05) is 6.07 Å². The summed E-state index contributed by atoms with van der Waals surface area (Å²) in [5.74, 6) is -0.308. The SMILES string of the molecule is O=CC1CCCN(S(=O)(=O)c2cccc([N+](=O)[O-])c2)C1. The molecule has 8 heteroatoms. The molecule has 0 spiro atoms. The molecule has 1 fully saturated rings. The highest BCUT2D eigenvalue weighted by atomic mass is 32.2. The van der Waals surface area contributed by atoms with Crippen molar-refractivity contribution in [3.05, 3.63) is 34.4 Å². The van der Waals surface area contributed by atoms with Crippen LogP contribution >= 0.6 is 0 Å². The summed E-state index contributed by atoms with van der Waals surface area (Å²) in [6, 6.07) is 4.95. The first-order chi connectivity index (χ1) is 9.45. The molecule has 1 aliphatic rings. The minimum atomic E-state index is -3.79. The lowest BCUT2D eigenvalue weighted by Crippen LogP contribution is -2.40. The molecule has 0 aliphatic carbocycles. The molecule has 1 saturated heterocycles. The second kappa shape index (κ2) is 5.68. The molecule has 20 heavy (non-hydrogen) atoms. The predicted molar refractivity (Wildman–Crippen MR) is 70.6 cm³/mol. The first-order valence-corrected chi connectivity index (χ1v) is 7.59. The van der Waals surface area contributed by atoms with E-state index < -0.39 is 14.9 Å². The number of sulfonamides is 1. The molecule has 1 unspecified atom stereocenters. The van der Waals surface area contributed by atoms with Gasteiger partial charge in [0.2, 0.25) is 10.0 Å². The van der Waals surface area contributed by atoms with Crippen LogP contribution in [0, 0.1) is 16.0 Å². The molecular weight excluding hydrogens is 284 g/mol. The third kappa shape index (κ3) is 2.86. The molecule has 2 rings (SSSR count). The highest BCUT2D eigenvalue weighted by Gasteiger charge is 2.30. The van der Waals surface area contributed by atoms with E-state index in [0.29, 0.717) is 19.4 Å². The van der Waals surface area contributed by atoms with Crippen molar-refractivity contribution in [2.45, 2.75) is 17.7 Å². The molecule has 108 valence electrons. The number of nitrogens with zero attached hydrogens (tertiary/aromatic N) is 2. The number of piperidine rings is 1. The molecule has 0 saturated carbocycles. The number of non-ortho nitro benzene ring substituents is 1. The van der Waals surface area contributed by atoms with Crippen molar-refractivity contribution in [1.29, 1.82) is 0 Å². The number of aldehydes is 1. The van der Waals surface area contributed by atoms with Crippen molar-refractivity contribution in [3.8, 4) is 0 Å². The molecule has 7 nitrogen and oxygen atoms in total. The maximum absolute atomic E-state index is 12.4. The van der Waals surface area contributed by atoms with Crippen LogP contribution in [0.25, 0.3) is 0 Å². The summed E-state index contributed by atoms with van der Waals surface area (Å²) in [7, 11) is -3.79. The van der Waals surface area contributed by atoms with E-state index in [1.807, 2.05) is 0 Å². The van der Waals surface area contributed by atoms with Gasteiger partial charge >= 0.3 is 0 Å². The number of carbonyl (C=O) groups is 1. The fraction of sp³-hybridized carbons (Fsp3) is 0.417. The van der Waals surface area contributed by atoms with Crippen LogP contribution in [0.3, 0.4) is 0 Å². The lowest BCUT2D eigenvalue weighted by atomic mass is 10.0. The number of nitro benzene ring substituents is 1. The summed E-state index contributed by atoms with van der Waals surface area (Å²) in [6.45, 7) is 0.462. The van der Waals surface area contributed by atoms with Crippen LogP contribution in [0.5, 0.6) is 0 Å². The minimum Gasteiger partial charge on any atom is -0.303 e. The third-order valence-corrected chi connectivity index (χ3v) is 5.14. The highest BCUT2D eigenvalue weighted by molar-refractivity contribution is 7.89. The molecule has 1 aromatic rings. The van der Waals surface area contributed by atoms with Crippen molar-refractivity contribution in [2.75, 3.05) is 13.1 Å². The summed E-state index contributed by atoms with van der Waals surface area (Å²) in [6.07, 6.45) is 2.04. The van der Waals surface area contributed by atoms with Gasteiger partial charge in [-0.05, 0) is 18.9 Å². The average Bonchev–Trinajstić information content (AvgIpc) is 2.47. The summed E-state index contributed by atoms with van der Waals surface area (Å²) < 4.78 is 26.0. The quantitative estimate of drug-likeness (QED) is 0.472. The molecule has 0 aromatic heterocycles. The zero-order valence-electron chi connectivity index (χ0n) is 10.6. The zero-order valence-corrected chi connectivity index (χ0v) is 11.5. The van der Waals surface area contributed by atoms with Gasteiger partial charge < -0.3 is 4.79 Å². The van der Waals surface area contributed by atoms with Crippen molar-refractivity contribution < 1.29 is 18.1 Å². The number of hydrogen-bond donors (Lipinski definition) is 0. The van der Waals surface area contributed by atoms with Crippen molar-refractivity contribution in [1.82, 2.24) is 4.31 Å². The Morgan fingerprint density at radius 3 is 2.80 bits per heavy atom. The van der Waals surface area contributed by atoms with E-state index in [9.17, 15) is 23.3 Å². The first-order valence-electron chi connectivity index (χ1n) is 6.15. The molecule has 1 aliphatic heterocycles. The summed E-state index contributed by atoms with van der Waals surface area (Å²) in [5.41, 5.74) is -0.268. The Morgan fingerprint density at radius 2 is 2.15 bits per heavy atom. The van der Waals surface area contributed by atoms with Crippen LogP contribution in [0.4, 0.5) is 5.69 Å². The molecular formula is C12H14N2O5S. The molecule has 0 N–H and O–H groups in total. The standard InChI is InChI=1S/C12H14N2O5S/c15-9-10-3-2-6-13(8-10)20(18,19)12-5-1-4-11(7-12)14(16)17/h1,4-5,7,9-10H,2-3,6,8H2. The van der Waals surface area contributed by atoms with Gasteiger partial charge in [-0.3, -0.25) is 10.1 Å². The minimum absolute atomic E-state index is 0.113. The molecule has 0 amide bonds. The van der Waals surface area contributed by atoms with Gasteiger partial charge in [0.15, 0.2) is 0 Å². The van der Waals surface area contributed by atoms with Crippen LogP contribution < -0.4 is 0 Å². The first kappa shape index (κ1) is 14.6. The van der Waals surface area contributed by atoms with Crippen LogP contribution in [-0.4, -0.2) is 37.0 Å². The number of benzene rings is 1. The average molecular weight is 298 g/mol. The topological polar surface area (TPSA) is 97.6 Å². The third-order valence-electron chi connectivity index (χ3n) is 3.28. The second-order valence-electron chi connectivity index (χ2n) is 4.66. The van der Waals surface area contributed by atoms with Gasteiger partial charge in [0, 0.05) is 31.1 Å². The van der Waals surface area contributed by atoms with E-state index in [-0.39, 0.29) is 23.0 Å². The van der Waals surface area contributed by atoms with Crippen LogP contribution in [0.15, 0.2) is 29.2 Å². The fourth-order valence-corrected chi connectivity index (χ4v) is 3.79. The maximum Gasteiger partial charge on any atom is 0.270 e. The maximum atomic E-state index is 12.4. The molecule has 0 bridgehead atoms.